The molecular weight excluding hydrogens is 244 g/mol. The molecule has 0 aliphatic heterocycles. The number of ether oxygens (including phenoxy) is 1. The maximum Gasteiger partial charge on any atom is 0.413 e. The van der Waals surface area contributed by atoms with Crippen LogP contribution >= 0.6 is 0 Å². The van der Waals surface area contributed by atoms with E-state index in [0.717, 1.165) is 12.8 Å². The van der Waals surface area contributed by atoms with Crippen molar-refractivity contribution < 1.29 is 9.53 Å². The van der Waals surface area contributed by atoms with Gasteiger partial charge in [0.1, 0.15) is 12.0 Å². The zero-order valence-electron chi connectivity index (χ0n) is 10.7. The molecule has 2 N–H and O–H groups in total. The topological polar surface area (TPSA) is 79.9 Å². The van der Waals surface area contributed by atoms with Gasteiger partial charge in [0.05, 0.1) is 5.39 Å². The molecule has 2 aromatic heterocycles. The molecule has 0 bridgehead atoms. The van der Waals surface area contributed by atoms with Crippen LogP contribution in [0.3, 0.4) is 0 Å². The summed E-state index contributed by atoms with van der Waals surface area (Å²) in [6, 6.07) is 1.77. The van der Waals surface area contributed by atoms with Gasteiger partial charge in [-0.05, 0) is 18.9 Å². The minimum Gasteiger partial charge on any atom is -0.390 e. The van der Waals surface area contributed by atoms with Gasteiger partial charge in [-0.15, -0.1) is 0 Å². The van der Waals surface area contributed by atoms with Gasteiger partial charge in [0.15, 0.2) is 0 Å². The summed E-state index contributed by atoms with van der Waals surface area (Å²) >= 11 is 0. The fourth-order valence-electron chi connectivity index (χ4n) is 1.60. The van der Waals surface area contributed by atoms with E-state index >= 15 is 0 Å². The second-order valence-electron chi connectivity index (χ2n) is 3.90. The summed E-state index contributed by atoms with van der Waals surface area (Å²) in [5.41, 5.74) is 0.642. The van der Waals surface area contributed by atoms with Crippen molar-refractivity contribution in [3.8, 4) is 5.88 Å². The SMILES string of the molecule is CCC=CCCNC(=O)Oc1ncnc2[nH]ccc12. The van der Waals surface area contributed by atoms with E-state index in [2.05, 4.69) is 33.3 Å². The third-order valence-corrected chi connectivity index (χ3v) is 2.49. The molecule has 0 saturated heterocycles. The summed E-state index contributed by atoms with van der Waals surface area (Å²) in [6.07, 6.45) is 8.43. The van der Waals surface area contributed by atoms with E-state index in [1.807, 2.05) is 6.08 Å². The molecule has 2 heterocycles. The number of nitrogens with one attached hydrogen (secondary N) is 2. The van der Waals surface area contributed by atoms with Gasteiger partial charge in [0.2, 0.25) is 5.88 Å². The van der Waals surface area contributed by atoms with Crippen molar-refractivity contribution in [3.63, 3.8) is 0 Å². The predicted molar refractivity (Wildman–Crippen MR) is 72.0 cm³/mol. The molecule has 1 amide bonds. The number of H-pyrrole nitrogens is 1. The van der Waals surface area contributed by atoms with Crippen LogP contribution in [0.2, 0.25) is 0 Å². The Morgan fingerprint density at radius 3 is 3.21 bits per heavy atom. The normalized spacial score (nSPS) is 11.0. The van der Waals surface area contributed by atoms with Crippen LogP contribution in [0.15, 0.2) is 30.7 Å². The van der Waals surface area contributed by atoms with Crippen molar-refractivity contribution in [2.45, 2.75) is 19.8 Å². The van der Waals surface area contributed by atoms with Gasteiger partial charge in [0, 0.05) is 12.7 Å². The summed E-state index contributed by atoms with van der Waals surface area (Å²) in [5.74, 6) is 0.257. The highest BCUT2D eigenvalue weighted by Crippen LogP contribution is 2.19. The van der Waals surface area contributed by atoms with E-state index in [9.17, 15) is 4.79 Å². The number of hydrogen-bond acceptors (Lipinski definition) is 4. The lowest BCUT2D eigenvalue weighted by Gasteiger charge is -2.05. The van der Waals surface area contributed by atoms with Crippen LogP contribution in [0.25, 0.3) is 11.0 Å². The highest BCUT2D eigenvalue weighted by molar-refractivity contribution is 5.83. The molecule has 0 aliphatic carbocycles. The lowest BCUT2D eigenvalue weighted by atomic mass is 10.3. The average molecular weight is 260 g/mol. The second kappa shape index (κ2) is 6.53. The number of nitrogens with zero attached hydrogens (tertiary/aromatic N) is 2. The molecule has 100 valence electrons. The van der Waals surface area contributed by atoms with Crippen LogP contribution in [0, 0.1) is 0 Å². The van der Waals surface area contributed by atoms with Gasteiger partial charge in [0.25, 0.3) is 0 Å². The van der Waals surface area contributed by atoms with Crippen molar-refractivity contribution in [1.29, 1.82) is 0 Å². The minimum absolute atomic E-state index is 0.257. The smallest absolute Gasteiger partial charge is 0.390 e. The van der Waals surface area contributed by atoms with Gasteiger partial charge in [-0.25, -0.2) is 14.8 Å². The number of aromatic nitrogens is 3. The van der Waals surface area contributed by atoms with E-state index < -0.39 is 6.09 Å². The number of amides is 1. The predicted octanol–water partition coefficient (Wildman–Crippen LogP) is 2.40. The molecular formula is C13H16N4O2. The van der Waals surface area contributed by atoms with Crippen LogP contribution < -0.4 is 10.1 Å². The number of rotatable bonds is 5. The van der Waals surface area contributed by atoms with Crippen molar-refractivity contribution >= 4 is 17.1 Å². The van der Waals surface area contributed by atoms with Crippen molar-refractivity contribution in [2.24, 2.45) is 0 Å². The van der Waals surface area contributed by atoms with Gasteiger partial charge < -0.3 is 15.0 Å². The number of aromatic amines is 1. The monoisotopic (exact) mass is 260 g/mol. The van der Waals surface area contributed by atoms with E-state index in [-0.39, 0.29) is 5.88 Å². The van der Waals surface area contributed by atoms with Gasteiger partial charge in [-0.3, -0.25) is 0 Å². The first-order chi connectivity index (χ1) is 9.31. The third-order valence-electron chi connectivity index (χ3n) is 2.49. The van der Waals surface area contributed by atoms with Gasteiger partial charge in [-0.1, -0.05) is 19.1 Å². The standard InChI is InChI=1S/C13H16N4O2/c1-2-3-4-5-7-15-13(18)19-12-10-6-8-14-11(10)16-9-17-12/h3-4,6,8-9H,2,5,7H2,1H3,(H,15,18)(H,14,16,17). The van der Waals surface area contributed by atoms with Crippen LogP contribution in [0.1, 0.15) is 19.8 Å². The Hall–Kier alpha value is -2.37. The molecule has 0 aromatic carbocycles. The van der Waals surface area contributed by atoms with Crippen molar-refractivity contribution in [1.82, 2.24) is 20.3 Å². The van der Waals surface area contributed by atoms with Crippen LogP contribution in [-0.2, 0) is 0 Å². The van der Waals surface area contributed by atoms with Gasteiger partial charge in [-0.2, -0.15) is 0 Å². The highest BCUT2D eigenvalue weighted by Gasteiger charge is 2.09. The molecule has 0 radical (unpaired) electrons. The average Bonchev–Trinajstić information content (AvgIpc) is 2.88. The zero-order chi connectivity index (χ0) is 13.5. The summed E-state index contributed by atoms with van der Waals surface area (Å²) < 4.78 is 5.15. The fraction of sp³-hybridized carbons (Fsp3) is 0.308. The van der Waals surface area contributed by atoms with E-state index in [1.54, 1.807) is 12.3 Å². The number of carbonyl (C=O) groups excluding carboxylic acids is 1. The molecule has 0 atom stereocenters. The molecule has 0 spiro atoms. The van der Waals surface area contributed by atoms with Crippen molar-refractivity contribution in [3.05, 3.63) is 30.7 Å². The summed E-state index contributed by atoms with van der Waals surface area (Å²) in [7, 11) is 0. The molecule has 2 aromatic rings. The number of hydrogen-bond donors (Lipinski definition) is 2. The molecule has 0 fully saturated rings. The molecule has 0 unspecified atom stereocenters. The Balaban J connectivity index is 1.88. The second-order valence-corrected chi connectivity index (χ2v) is 3.90. The van der Waals surface area contributed by atoms with E-state index in [1.165, 1.54) is 6.33 Å². The first kappa shape index (κ1) is 13.1. The number of fused-ring (bicyclic) bond motifs is 1. The third kappa shape index (κ3) is 3.54. The number of allylic oxidation sites excluding steroid dienone is 1. The summed E-state index contributed by atoms with van der Waals surface area (Å²) in [6.45, 7) is 2.60. The molecule has 19 heavy (non-hydrogen) atoms. The quantitative estimate of drug-likeness (QED) is 0.639. The maximum absolute atomic E-state index is 11.6. The van der Waals surface area contributed by atoms with Crippen molar-refractivity contribution in [2.75, 3.05) is 6.54 Å². The number of carbonyl (C=O) groups is 1. The fourth-order valence-corrected chi connectivity index (χ4v) is 1.60. The first-order valence-electron chi connectivity index (χ1n) is 6.20. The largest absolute Gasteiger partial charge is 0.413 e. The molecule has 0 aliphatic rings. The van der Waals surface area contributed by atoms with Gasteiger partial charge >= 0.3 is 6.09 Å². The molecule has 0 saturated carbocycles. The maximum atomic E-state index is 11.6. The molecule has 6 nitrogen and oxygen atoms in total. The Morgan fingerprint density at radius 1 is 1.47 bits per heavy atom. The Morgan fingerprint density at radius 2 is 2.37 bits per heavy atom. The Labute approximate surface area is 110 Å². The zero-order valence-corrected chi connectivity index (χ0v) is 10.7. The lowest BCUT2D eigenvalue weighted by molar-refractivity contribution is 0.199. The minimum atomic E-state index is -0.508. The van der Waals surface area contributed by atoms with E-state index in [4.69, 9.17) is 4.74 Å². The molecule has 2 rings (SSSR count). The van der Waals surface area contributed by atoms with Crippen LogP contribution in [-0.4, -0.2) is 27.6 Å². The Kier molecular flexibility index (Phi) is 4.49. The molecule has 6 heteroatoms. The lowest BCUT2D eigenvalue weighted by Crippen LogP contribution is -2.27. The summed E-state index contributed by atoms with van der Waals surface area (Å²) in [5, 5.41) is 3.35. The van der Waals surface area contributed by atoms with Crippen LogP contribution in [0.4, 0.5) is 4.79 Å². The Bertz CT molecular complexity index is 577. The summed E-state index contributed by atoms with van der Waals surface area (Å²) in [4.78, 5) is 22.5. The van der Waals surface area contributed by atoms with E-state index in [0.29, 0.717) is 17.6 Å². The highest BCUT2D eigenvalue weighted by atomic mass is 16.6. The van der Waals surface area contributed by atoms with Crippen LogP contribution in [0.5, 0.6) is 5.88 Å². The first-order valence-corrected chi connectivity index (χ1v) is 6.20.